The highest BCUT2D eigenvalue weighted by molar-refractivity contribution is 5.64. The summed E-state index contributed by atoms with van der Waals surface area (Å²) in [6, 6.07) is 30.5. The molecule has 0 unspecified atom stereocenters. The molecule has 0 saturated heterocycles. The van der Waals surface area contributed by atoms with Crippen LogP contribution < -0.4 is 0 Å². The first-order valence-electron chi connectivity index (χ1n) is 12.8. The van der Waals surface area contributed by atoms with Gasteiger partial charge >= 0.3 is 0 Å². The minimum atomic E-state index is -0.472. The summed E-state index contributed by atoms with van der Waals surface area (Å²) < 4.78 is 29.1. The van der Waals surface area contributed by atoms with E-state index in [4.69, 9.17) is 0 Å². The molecular formula is C34H34F2. The summed E-state index contributed by atoms with van der Waals surface area (Å²) in [4.78, 5) is 0. The summed E-state index contributed by atoms with van der Waals surface area (Å²) in [6.45, 7) is 4.18. The van der Waals surface area contributed by atoms with Crippen LogP contribution in [0.4, 0.5) is 8.78 Å². The lowest BCUT2D eigenvalue weighted by molar-refractivity contribution is 0.556. The van der Waals surface area contributed by atoms with Gasteiger partial charge in [0.25, 0.3) is 0 Å². The van der Waals surface area contributed by atoms with E-state index in [9.17, 15) is 8.78 Å². The Kier molecular flexibility index (Phi) is 8.84. The van der Waals surface area contributed by atoms with Gasteiger partial charge in [-0.25, -0.2) is 8.78 Å². The highest BCUT2D eigenvalue weighted by Crippen LogP contribution is 2.26. The second-order valence-corrected chi connectivity index (χ2v) is 9.56. The van der Waals surface area contributed by atoms with E-state index in [1.165, 1.54) is 34.4 Å². The molecule has 0 aliphatic heterocycles. The summed E-state index contributed by atoms with van der Waals surface area (Å²) in [5.41, 5.74) is 6.81. The molecule has 0 N–H and O–H groups in total. The van der Waals surface area contributed by atoms with E-state index in [0.29, 0.717) is 24.3 Å². The quantitative estimate of drug-likeness (QED) is 0.198. The molecule has 36 heavy (non-hydrogen) atoms. The zero-order valence-corrected chi connectivity index (χ0v) is 21.2. The van der Waals surface area contributed by atoms with Gasteiger partial charge in [-0.1, -0.05) is 97.9 Å². The van der Waals surface area contributed by atoms with E-state index in [-0.39, 0.29) is 5.56 Å². The van der Waals surface area contributed by atoms with Gasteiger partial charge in [0, 0.05) is 5.56 Å². The number of benzene rings is 4. The van der Waals surface area contributed by atoms with Crippen LogP contribution in [0.3, 0.4) is 0 Å². The number of halogens is 2. The molecule has 0 bridgehead atoms. The van der Waals surface area contributed by atoms with Gasteiger partial charge in [0.15, 0.2) is 0 Å². The molecule has 0 aliphatic rings. The number of aryl methyl sites for hydroxylation is 2. The van der Waals surface area contributed by atoms with Crippen LogP contribution in [0.25, 0.3) is 11.1 Å². The maximum Gasteiger partial charge on any atom is 0.129 e. The molecule has 0 nitrogen and oxygen atoms in total. The van der Waals surface area contributed by atoms with Crippen molar-refractivity contribution in [1.29, 1.82) is 0 Å². The summed E-state index contributed by atoms with van der Waals surface area (Å²) in [6.07, 6.45) is 7.73. The van der Waals surface area contributed by atoms with E-state index >= 15 is 0 Å². The monoisotopic (exact) mass is 480 g/mol. The molecule has 0 aromatic heterocycles. The average Bonchev–Trinajstić information content (AvgIpc) is 2.90. The third-order valence-corrected chi connectivity index (χ3v) is 6.86. The fraction of sp³-hybridized carbons (Fsp3) is 0.235. The highest BCUT2D eigenvalue weighted by Gasteiger charge is 2.12. The molecule has 0 aliphatic carbocycles. The van der Waals surface area contributed by atoms with Crippen molar-refractivity contribution in [3.8, 4) is 11.1 Å². The van der Waals surface area contributed by atoms with Gasteiger partial charge in [-0.05, 0) is 90.5 Å². The lowest BCUT2D eigenvalue weighted by atomic mass is 9.93. The van der Waals surface area contributed by atoms with Gasteiger partial charge < -0.3 is 0 Å². The van der Waals surface area contributed by atoms with Gasteiger partial charge in [-0.3, -0.25) is 0 Å². The normalized spacial score (nSPS) is 12.2. The molecule has 0 amide bonds. The summed E-state index contributed by atoms with van der Waals surface area (Å²) in [5.74, 6) is -0.452. The van der Waals surface area contributed by atoms with Crippen LogP contribution >= 0.6 is 0 Å². The van der Waals surface area contributed by atoms with Crippen LogP contribution in [-0.4, -0.2) is 0 Å². The van der Waals surface area contributed by atoms with Crippen LogP contribution in [-0.2, 0) is 25.7 Å². The number of allylic oxidation sites excluding steroid dienone is 2. The Balaban J connectivity index is 1.33. The molecule has 1 atom stereocenters. The minimum absolute atomic E-state index is 0.161. The Labute approximate surface area is 214 Å². The van der Waals surface area contributed by atoms with E-state index in [2.05, 4.69) is 73.7 Å². The van der Waals surface area contributed by atoms with Crippen molar-refractivity contribution in [2.24, 2.45) is 0 Å². The van der Waals surface area contributed by atoms with Crippen LogP contribution in [0, 0.1) is 11.6 Å². The fourth-order valence-corrected chi connectivity index (χ4v) is 4.65. The first kappa shape index (κ1) is 25.6. The third kappa shape index (κ3) is 6.79. The van der Waals surface area contributed by atoms with E-state index in [1.54, 1.807) is 0 Å². The van der Waals surface area contributed by atoms with E-state index in [1.807, 2.05) is 31.2 Å². The Morgan fingerprint density at radius 3 is 1.81 bits per heavy atom. The van der Waals surface area contributed by atoms with Gasteiger partial charge in [-0.15, -0.1) is 0 Å². The van der Waals surface area contributed by atoms with Crippen molar-refractivity contribution in [3.63, 3.8) is 0 Å². The number of rotatable bonds is 10. The van der Waals surface area contributed by atoms with Crippen molar-refractivity contribution >= 4 is 0 Å². The minimum Gasteiger partial charge on any atom is -0.207 e. The van der Waals surface area contributed by atoms with Gasteiger partial charge in [0.1, 0.15) is 11.6 Å². The number of hydrogen-bond acceptors (Lipinski definition) is 0. The molecule has 4 aromatic rings. The first-order chi connectivity index (χ1) is 17.5. The lowest BCUT2D eigenvalue weighted by Gasteiger charge is -2.12. The SMILES string of the molecule is C/C=C/CCc1c(F)cc(-c2ccc(CCc3ccc(C[C@H](C)c4ccccc4)cc3)cc2)cc1F. The Bertz CT molecular complexity index is 1250. The highest BCUT2D eigenvalue weighted by atomic mass is 19.1. The Hall–Kier alpha value is -3.52. The first-order valence-corrected chi connectivity index (χ1v) is 12.8. The molecule has 4 aromatic carbocycles. The van der Waals surface area contributed by atoms with E-state index < -0.39 is 11.6 Å². The predicted octanol–water partition coefficient (Wildman–Crippen LogP) is 9.27. The Morgan fingerprint density at radius 1 is 0.667 bits per heavy atom. The fourth-order valence-electron chi connectivity index (χ4n) is 4.65. The Morgan fingerprint density at radius 2 is 1.22 bits per heavy atom. The molecule has 184 valence electrons. The van der Waals surface area contributed by atoms with Gasteiger partial charge in [-0.2, -0.15) is 0 Å². The van der Waals surface area contributed by atoms with Crippen molar-refractivity contribution in [3.05, 3.63) is 143 Å². The molecule has 0 fully saturated rings. The number of hydrogen-bond donors (Lipinski definition) is 0. The molecule has 0 heterocycles. The zero-order valence-electron chi connectivity index (χ0n) is 21.2. The molecular weight excluding hydrogens is 446 g/mol. The maximum atomic E-state index is 14.5. The summed E-state index contributed by atoms with van der Waals surface area (Å²) in [7, 11) is 0. The van der Waals surface area contributed by atoms with E-state index in [0.717, 1.165) is 24.8 Å². The summed E-state index contributed by atoms with van der Waals surface area (Å²) >= 11 is 0. The zero-order chi connectivity index (χ0) is 25.3. The van der Waals surface area contributed by atoms with Gasteiger partial charge in [0.05, 0.1) is 0 Å². The van der Waals surface area contributed by atoms with Crippen LogP contribution in [0.5, 0.6) is 0 Å². The van der Waals surface area contributed by atoms with Crippen molar-refractivity contribution in [1.82, 2.24) is 0 Å². The largest absolute Gasteiger partial charge is 0.207 e. The third-order valence-electron chi connectivity index (χ3n) is 6.86. The van der Waals surface area contributed by atoms with Crippen molar-refractivity contribution in [2.75, 3.05) is 0 Å². The van der Waals surface area contributed by atoms with Crippen LogP contribution in [0.2, 0.25) is 0 Å². The maximum absolute atomic E-state index is 14.5. The average molecular weight is 481 g/mol. The van der Waals surface area contributed by atoms with Gasteiger partial charge in [0.2, 0.25) is 0 Å². The topological polar surface area (TPSA) is 0 Å². The molecule has 0 saturated carbocycles. The standard InChI is InChI=1S/C34H34F2/c1-3-4-6-11-32-33(35)23-31(24-34(32)36)30-20-18-27(19-21-30)13-12-26-14-16-28(17-15-26)22-25(2)29-9-7-5-8-10-29/h3-5,7-10,14-21,23-25H,6,11-13,22H2,1-2H3/b4-3+/t25-/m0/s1. The molecule has 2 heteroatoms. The molecule has 0 radical (unpaired) electrons. The summed E-state index contributed by atoms with van der Waals surface area (Å²) in [5, 5.41) is 0. The van der Waals surface area contributed by atoms with Crippen LogP contribution in [0.1, 0.15) is 54.0 Å². The molecule has 4 rings (SSSR count). The van der Waals surface area contributed by atoms with Crippen molar-refractivity contribution < 1.29 is 8.78 Å². The molecule has 0 spiro atoms. The lowest BCUT2D eigenvalue weighted by Crippen LogP contribution is -1.99. The van der Waals surface area contributed by atoms with Crippen LogP contribution in [0.15, 0.2) is 103 Å². The van der Waals surface area contributed by atoms with Crippen molar-refractivity contribution in [2.45, 2.75) is 51.9 Å². The second-order valence-electron chi connectivity index (χ2n) is 9.56. The predicted molar refractivity (Wildman–Crippen MR) is 147 cm³/mol. The second kappa shape index (κ2) is 12.4. The smallest absolute Gasteiger partial charge is 0.129 e.